The molecule has 4 unspecified atom stereocenters. The maximum absolute atomic E-state index is 13.3. The Kier molecular flexibility index (Phi) is 13.7. The molecule has 0 aliphatic rings. The molecule has 0 radical (unpaired) electrons. The van der Waals surface area contributed by atoms with Crippen molar-refractivity contribution in [3.8, 4) is 5.75 Å². The number of aliphatic imine (C=N–C) groups is 1. The number of phenolic OH excluding ortho intramolecular Hbond substituents is 1. The Bertz CT molecular complexity index is 993. The van der Waals surface area contributed by atoms with Crippen LogP contribution in [0.4, 0.5) is 0 Å². The number of carboxylic acids is 1. The molecule has 1 aromatic carbocycles. The van der Waals surface area contributed by atoms with Gasteiger partial charge in [0.25, 0.3) is 0 Å². The normalized spacial score (nSPS) is 14.1. The van der Waals surface area contributed by atoms with Crippen molar-refractivity contribution in [3.63, 3.8) is 0 Å². The molecule has 0 fully saturated rings. The van der Waals surface area contributed by atoms with Gasteiger partial charge in [0.2, 0.25) is 17.7 Å². The van der Waals surface area contributed by atoms with Crippen LogP contribution in [0.3, 0.4) is 0 Å². The summed E-state index contributed by atoms with van der Waals surface area (Å²) in [5, 5.41) is 27.0. The summed E-state index contributed by atoms with van der Waals surface area (Å²) in [5.74, 6) is -3.42. The summed E-state index contributed by atoms with van der Waals surface area (Å²) in [4.78, 5) is 54.7. The maximum atomic E-state index is 13.3. The van der Waals surface area contributed by atoms with Gasteiger partial charge in [0.1, 0.15) is 23.9 Å². The first-order valence-corrected chi connectivity index (χ1v) is 12.9. The molecule has 0 saturated carbocycles. The minimum Gasteiger partial charge on any atom is -0.508 e. The molecule has 0 saturated heterocycles. The average molecular weight is 550 g/mol. The number of nitrogens with zero attached hydrogens (tertiary/aromatic N) is 1. The first-order valence-electron chi connectivity index (χ1n) is 12.9. The Morgan fingerprint density at radius 1 is 0.897 bits per heavy atom. The number of hydrogen-bond acceptors (Lipinski definition) is 7. The van der Waals surface area contributed by atoms with Crippen molar-refractivity contribution in [2.45, 2.75) is 77.5 Å². The Morgan fingerprint density at radius 2 is 1.49 bits per heavy atom. The van der Waals surface area contributed by atoms with E-state index in [2.05, 4.69) is 20.9 Å². The van der Waals surface area contributed by atoms with Crippen LogP contribution in [-0.4, -0.2) is 70.6 Å². The lowest BCUT2D eigenvalue weighted by atomic mass is 9.99. The van der Waals surface area contributed by atoms with Gasteiger partial charge in [-0.3, -0.25) is 19.4 Å². The van der Waals surface area contributed by atoms with Crippen molar-refractivity contribution in [2.24, 2.45) is 34.0 Å². The molecule has 1 aromatic rings. The Hall–Kier alpha value is -3.87. The monoisotopic (exact) mass is 549 g/mol. The highest BCUT2D eigenvalue weighted by molar-refractivity contribution is 5.94. The van der Waals surface area contributed by atoms with Gasteiger partial charge >= 0.3 is 5.97 Å². The number of carbonyl (C=O) groups is 4. The fourth-order valence-electron chi connectivity index (χ4n) is 3.75. The maximum Gasteiger partial charge on any atom is 0.326 e. The van der Waals surface area contributed by atoms with Gasteiger partial charge in [-0.25, -0.2) is 4.79 Å². The highest BCUT2D eigenvalue weighted by atomic mass is 16.4. The van der Waals surface area contributed by atoms with E-state index in [1.54, 1.807) is 26.0 Å². The molecule has 0 heterocycles. The largest absolute Gasteiger partial charge is 0.508 e. The standard InChI is InChI=1S/C26H43N7O6/c1-14(2)12-20(25(38)39)32-23(36)19(13-16-7-9-17(34)10-8-16)31-24(37)21(15(3)4)33-22(35)18(27)6-5-11-30-26(28)29/h7-10,14-15,18-21,34H,5-6,11-13,27H2,1-4H3,(H,31,37)(H,32,36)(H,33,35)(H,38,39)(H4,28,29,30). The van der Waals surface area contributed by atoms with E-state index in [1.165, 1.54) is 12.1 Å². The summed E-state index contributed by atoms with van der Waals surface area (Å²) >= 11 is 0. The molecule has 0 spiro atoms. The number of benzene rings is 1. The second-order valence-electron chi connectivity index (χ2n) is 10.2. The fraction of sp³-hybridized carbons (Fsp3) is 0.577. The van der Waals surface area contributed by atoms with Crippen LogP contribution in [0.5, 0.6) is 5.75 Å². The van der Waals surface area contributed by atoms with Crippen LogP contribution in [0.2, 0.25) is 0 Å². The van der Waals surface area contributed by atoms with Crippen molar-refractivity contribution >= 4 is 29.7 Å². The second kappa shape index (κ2) is 16.2. The minimum atomic E-state index is -1.19. The number of phenols is 1. The lowest BCUT2D eigenvalue weighted by Crippen LogP contribution is -2.59. The quantitative estimate of drug-likeness (QED) is 0.0756. The molecule has 0 aliphatic carbocycles. The van der Waals surface area contributed by atoms with Gasteiger partial charge in [0, 0.05) is 13.0 Å². The molecule has 4 atom stereocenters. The number of hydrogen-bond donors (Lipinski definition) is 8. The molecule has 0 aliphatic heterocycles. The zero-order chi connectivity index (χ0) is 29.7. The van der Waals surface area contributed by atoms with Gasteiger partial charge in [-0.2, -0.15) is 0 Å². The molecule has 13 nitrogen and oxygen atoms in total. The van der Waals surface area contributed by atoms with Crippen LogP contribution >= 0.6 is 0 Å². The first-order chi connectivity index (χ1) is 18.2. The van der Waals surface area contributed by atoms with E-state index in [0.29, 0.717) is 18.5 Å². The lowest BCUT2D eigenvalue weighted by molar-refractivity contribution is -0.142. The van der Waals surface area contributed by atoms with E-state index >= 15 is 0 Å². The SMILES string of the molecule is CC(C)CC(NC(=O)C(Cc1ccc(O)cc1)NC(=O)C(NC(=O)C(N)CCCN=C(N)N)C(C)C)C(=O)O. The number of carboxylic acid groups (broad SMARTS) is 1. The second-order valence-corrected chi connectivity index (χ2v) is 10.2. The highest BCUT2D eigenvalue weighted by Gasteiger charge is 2.32. The predicted octanol–water partition coefficient (Wildman–Crippen LogP) is -0.443. The molecule has 13 heteroatoms. The molecule has 3 amide bonds. The summed E-state index contributed by atoms with van der Waals surface area (Å²) in [6.07, 6.45) is 0.968. The Labute approximate surface area is 229 Å². The van der Waals surface area contributed by atoms with Gasteiger partial charge in [-0.05, 0) is 48.8 Å². The Morgan fingerprint density at radius 3 is 2.00 bits per heavy atom. The molecular weight excluding hydrogens is 506 g/mol. The molecule has 39 heavy (non-hydrogen) atoms. The van der Waals surface area contributed by atoms with Crippen LogP contribution in [0.1, 0.15) is 52.5 Å². The van der Waals surface area contributed by atoms with Gasteiger partial charge < -0.3 is 43.4 Å². The van der Waals surface area contributed by atoms with Gasteiger partial charge in [-0.15, -0.1) is 0 Å². The first kappa shape index (κ1) is 33.2. The van der Waals surface area contributed by atoms with E-state index < -0.39 is 47.9 Å². The molecule has 11 N–H and O–H groups in total. The third-order valence-electron chi connectivity index (χ3n) is 5.88. The third-order valence-corrected chi connectivity index (χ3v) is 5.88. The number of aliphatic carboxylic acids is 1. The summed E-state index contributed by atoms with van der Waals surface area (Å²) in [6.45, 7) is 7.43. The van der Waals surface area contributed by atoms with Crippen LogP contribution in [0, 0.1) is 11.8 Å². The van der Waals surface area contributed by atoms with Crippen LogP contribution in [-0.2, 0) is 25.6 Å². The summed E-state index contributed by atoms with van der Waals surface area (Å²) in [5.41, 5.74) is 17.2. The van der Waals surface area contributed by atoms with Crippen LogP contribution < -0.4 is 33.2 Å². The van der Waals surface area contributed by atoms with Crippen molar-refractivity contribution in [3.05, 3.63) is 29.8 Å². The zero-order valence-corrected chi connectivity index (χ0v) is 23.0. The van der Waals surface area contributed by atoms with E-state index in [-0.39, 0.29) is 42.8 Å². The molecule has 0 aromatic heterocycles. The zero-order valence-electron chi connectivity index (χ0n) is 23.0. The smallest absolute Gasteiger partial charge is 0.326 e. The number of aromatic hydroxyl groups is 1. The average Bonchev–Trinajstić information content (AvgIpc) is 2.84. The number of rotatable bonds is 16. The van der Waals surface area contributed by atoms with E-state index in [9.17, 15) is 29.4 Å². The number of carbonyl (C=O) groups excluding carboxylic acids is 3. The predicted molar refractivity (Wildman–Crippen MR) is 147 cm³/mol. The lowest BCUT2D eigenvalue weighted by Gasteiger charge is -2.27. The minimum absolute atomic E-state index is 0.000693. The van der Waals surface area contributed by atoms with Crippen LogP contribution in [0.15, 0.2) is 29.3 Å². The molecular formula is C26H43N7O6. The molecule has 218 valence electrons. The fourth-order valence-corrected chi connectivity index (χ4v) is 3.75. The van der Waals surface area contributed by atoms with Gasteiger partial charge in [-0.1, -0.05) is 39.8 Å². The summed E-state index contributed by atoms with van der Waals surface area (Å²) < 4.78 is 0. The molecule has 0 bridgehead atoms. The number of amides is 3. The van der Waals surface area contributed by atoms with Crippen molar-refractivity contribution in [2.75, 3.05) is 6.54 Å². The van der Waals surface area contributed by atoms with E-state index in [1.807, 2.05) is 13.8 Å². The van der Waals surface area contributed by atoms with Gasteiger partial charge in [0.15, 0.2) is 5.96 Å². The van der Waals surface area contributed by atoms with Crippen molar-refractivity contribution < 1.29 is 29.4 Å². The molecule has 1 rings (SSSR count). The highest BCUT2D eigenvalue weighted by Crippen LogP contribution is 2.13. The number of guanidine groups is 1. The topological polar surface area (TPSA) is 235 Å². The van der Waals surface area contributed by atoms with Crippen molar-refractivity contribution in [1.82, 2.24) is 16.0 Å². The number of nitrogens with one attached hydrogen (secondary N) is 3. The van der Waals surface area contributed by atoms with E-state index in [4.69, 9.17) is 17.2 Å². The van der Waals surface area contributed by atoms with Gasteiger partial charge in [0.05, 0.1) is 6.04 Å². The summed E-state index contributed by atoms with van der Waals surface area (Å²) in [6, 6.07) is 1.85. The Balaban J connectivity index is 3.04. The number of nitrogens with two attached hydrogens (primary N) is 3. The van der Waals surface area contributed by atoms with Crippen LogP contribution in [0.25, 0.3) is 0 Å². The summed E-state index contributed by atoms with van der Waals surface area (Å²) in [7, 11) is 0. The van der Waals surface area contributed by atoms with Crippen molar-refractivity contribution in [1.29, 1.82) is 0 Å². The van der Waals surface area contributed by atoms with E-state index in [0.717, 1.165) is 0 Å². The third kappa shape index (κ3) is 12.5.